The number of hydrogen-bond acceptors (Lipinski definition) is 5. The first kappa shape index (κ1) is 21.8. The van der Waals surface area contributed by atoms with Crippen LogP contribution in [0.3, 0.4) is 0 Å². The van der Waals surface area contributed by atoms with E-state index in [1.54, 1.807) is 31.2 Å². The molecule has 1 saturated carbocycles. The highest BCUT2D eigenvalue weighted by atomic mass is 19.3. The molecule has 0 bridgehead atoms. The van der Waals surface area contributed by atoms with Crippen LogP contribution in [0.1, 0.15) is 39.9 Å². The molecular formula is C25H20F2N2O5. The van der Waals surface area contributed by atoms with Gasteiger partial charge in [0, 0.05) is 5.56 Å². The smallest absolute Gasteiger partial charge is 0.478 e. The Labute approximate surface area is 193 Å². The van der Waals surface area contributed by atoms with E-state index in [9.17, 15) is 23.5 Å². The molecule has 1 aromatic heterocycles. The zero-order valence-corrected chi connectivity index (χ0v) is 18.3. The number of halogens is 2. The number of carboxylic acid groups (broad SMARTS) is 1. The second-order valence-corrected chi connectivity index (χ2v) is 8.56. The van der Waals surface area contributed by atoms with Crippen molar-refractivity contribution in [2.24, 2.45) is 0 Å². The largest absolute Gasteiger partial charge is 0.586 e. The highest BCUT2D eigenvalue weighted by Crippen LogP contribution is 2.52. The Morgan fingerprint density at radius 3 is 2.38 bits per heavy atom. The maximum Gasteiger partial charge on any atom is 0.586 e. The number of ether oxygens (including phenoxy) is 2. The molecule has 2 aromatic carbocycles. The maximum absolute atomic E-state index is 13.4. The van der Waals surface area contributed by atoms with Crippen molar-refractivity contribution in [1.82, 2.24) is 4.98 Å². The van der Waals surface area contributed by atoms with Crippen molar-refractivity contribution < 1.29 is 33.0 Å². The minimum absolute atomic E-state index is 0.0704. The van der Waals surface area contributed by atoms with Crippen LogP contribution in [0.5, 0.6) is 11.5 Å². The predicted octanol–water partition coefficient (Wildman–Crippen LogP) is 5.06. The Hall–Kier alpha value is -4.01. The third kappa shape index (κ3) is 3.72. The number of hydrogen-bond donors (Lipinski definition) is 2. The summed E-state index contributed by atoms with van der Waals surface area (Å²) in [6.07, 6.45) is -2.60. The van der Waals surface area contributed by atoms with Gasteiger partial charge in [-0.3, -0.25) is 4.79 Å². The van der Waals surface area contributed by atoms with Gasteiger partial charge in [-0.15, -0.1) is 8.78 Å². The number of aromatic nitrogens is 1. The normalized spacial score (nSPS) is 16.7. The first-order valence-electron chi connectivity index (χ1n) is 10.6. The first-order chi connectivity index (χ1) is 16.1. The number of anilines is 1. The van der Waals surface area contributed by atoms with Gasteiger partial charge in [0.05, 0.1) is 16.7 Å². The fourth-order valence-corrected chi connectivity index (χ4v) is 4.20. The quantitative estimate of drug-likeness (QED) is 0.546. The van der Waals surface area contributed by atoms with Gasteiger partial charge in [0.2, 0.25) is 5.91 Å². The molecule has 3 aromatic rings. The van der Waals surface area contributed by atoms with Crippen LogP contribution >= 0.6 is 0 Å². The molecule has 34 heavy (non-hydrogen) atoms. The van der Waals surface area contributed by atoms with E-state index >= 15 is 0 Å². The summed E-state index contributed by atoms with van der Waals surface area (Å²) in [6, 6.07) is 12.9. The molecular weight excluding hydrogens is 446 g/mol. The summed E-state index contributed by atoms with van der Waals surface area (Å²) < 4.78 is 35.7. The van der Waals surface area contributed by atoms with Gasteiger partial charge in [-0.05, 0) is 73.7 Å². The Balaban J connectivity index is 1.40. The standard InChI is InChI=1S/C25H20F2N2O5/c1-13-3-8-20(28-21(13)15-4-6-17(22(30)31)14(2)11-15)29-23(32)24(9-10-24)16-5-7-18-19(12-16)34-25(26,27)33-18/h3-8,11-12H,9-10H2,1-2H3,(H,30,31)(H,28,29,32). The lowest BCUT2D eigenvalue weighted by molar-refractivity contribution is -0.286. The van der Waals surface area contributed by atoms with E-state index < -0.39 is 17.7 Å². The van der Waals surface area contributed by atoms with Crippen molar-refractivity contribution >= 4 is 17.7 Å². The highest BCUT2D eigenvalue weighted by Gasteiger charge is 2.53. The zero-order valence-electron chi connectivity index (χ0n) is 18.3. The van der Waals surface area contributed by atoms with Crippen LogP contribution in [-0.4, -0.2) is 28.3 Å². The van der Waals surface area contributed by atoms with E-state index in [1.807, 2.05) is 13.0 Å². The Morgan fingerprint density at radius 1 is 0.971 bits per heavy atom. The molecule has 9 heteroatoms. The van der Waals surface area contributed by atoms with Crippen LogP contribution in [0.2, 0.25) is 0 Å². The average Bonchev–Trinajstić information content (AvgIpc) is 3.52. The molecule has 0 spiro atoms. The summed E-state index contributed by atoms with van der Waals surface area (Å²) >= 11 is 0. The fourth-order valence-electron chi connectivity index (χ4n) is 4.20. The van der Waals surface area contributed by atoms with Gasteiger partial charge < -0.3 is 19.9 Å². The van der Waals surface area contributed by atoms with E-state index in [-0.39, 0.29) is 23.0 Å². The molecule has 0 unspecified atom stereocenters. The summed E-state index contributed by atoms with van der Waals surface area (Å²) in [6.45, 7) is 3.59. The number of nitrogens with one attached hydrogen (secondary N) is 1. The second kappa shape index (κ2) is 7.51. The fraction of sp³-hybridized carbons (Fsp3) is 0.240. The van der Waals surface area contributed by atoms with Gasteiger partial charge in [-0.1, -0.05) is 18.2 Å². The van der Waals surface area contributed by atoms with Crippen molar-refractivity contribution in [2.45, 2.75) is 38.4 Å². The maximum atomic E-state index is 13.4. The van der Waals surface area contributed by atoms with Crippen molar-refractivity contribution in [1.29, 1.82) is 0 Å². The van der Waals surface area contributed by atoms with Crippen LogP contribution in [0.25, 0.3) is 11.3 Å². The Kier molecular flexibility index (Phi) is 4.82. The summed E-state index contributed by atoms with van der Waals surface area (Å²) in [4.78, 5) is 29.1. The van der Waals surface area contributed by atoms with Crippen LogP contribution in [0.15, 0.2) is 48.5 Å². The molecule has 7 nitrogen and oxygen atoms in total. The number of amides is 1. The molecule has 1 fully saturated rings. The van der Waals surface area contributed by atoms with Gasteiger partial charge >= 0.3 is 12.3 Å². The number of benzene rings is 2. The number of rotatable bonds is 5. The topological polar surface area (TPSA) is 97.8 Å². The van der Waals surface area contributed by atoms with Crippen LogP contribution in [-0.2, 0) is 10.2 Å². The van der Waals surface area contributed by atoms with Gasteiger partial charge in [0.15, 0.2) is 11.5 Å². The highest BCUT2D eigenvalue weighted by molar-refractivity contribution is 6.01. The summed E-state index contributed by atoms with van der Waals surface area (Å²) in [5.41, 5.74) is 2.73. The third-order valence-electron chi connectivity index (χ3n) is 6.21. The van der Waals surface area contributed by atoms with Crippen molar-refractivity contribution in [3.05, 3.63) is 70.8 Å². The number of fused-ring (bicyclic) bond motifs is 1. The number of carboxylic acids is 1. The Morgan fingerprint density at radius 2 is 1.71 bits per heavy atom. The lowest BCUT2D eigenvalue weighted by Crippen LogP contribution is -2.28. The van der Waals surface area contributed by atoms with Gasteiger partial charge in [-0.25, -0.2) is 9.78 Å². The molecule has 0 saturated heterocycles. The van der Waals surface area contributed by atoms with Crippen molar-refractivity contribution in [3.8, 4) is 22.8 Å². The lowest BCUT2D eigenvalue weighted by atomic mass is 9.94. The van der Waals surface area contributed by atoms with E-state index in [0.29, 0.717) is 35.5 Å². The molecule has 2 aliphatic rings. The van der Waals surface area contributed by atoms with Crippen molar-refractivity contribution in [3.63, 3.8) is 0 Å². The molecule has 2 heterocycles. The average molecular weight is 466 g/mol. The number of alkyl halides is 2. The molecule has 5 rings (SSSR count). The van der Waals surface area contributed by atoms with Crippen LogP contribution in [0.4, 0.5) is 14.6 Å². The van der Waals surface area contributed by atoms with Gasteiger partial charge in [-0.2, -0.15) is 0 Å². The molecule has 1 amide bonds. The van der Waals surface area contributed by atoms with Gasteiger partial charge in [0.1, 0.15) is 5.82 Å². The number of pyridine rings is 1. The minimum Gasteiger partial charge on any atom is -0.478 e. The SMILES string of the molecule is Cc1cc(-c2nc(NC(=O)C3(c4ccc5c(c4)OC(F)(F)O5)CC3)ccc2C)ccc1C(=O)O. The number of nitrogens with zero attached hydrogens (tertiary/aromatic N) is 1. The predicted molar refractivity (Wildman–Crippen MR) is 118 cm³/mol. The molecule has 2 N–H and O–H groups in total. The summed E-state index contributed by atoms with van der Waals surface area (Å²) in [5, 5.41) is 12.1. The first-order valence-corrected chi connectivity index (χ1v) is 10.6. The van der Waals surface area contributed by atoms with Gasteiger partial charge in [0.25, 0.3) is 0 Å². The number of carbonyl (C=O) groups excluding carboxylic acids is 1. The molecule has 174 valence electrons. The molecule has 0 radical (unpaired) electrons. The van der Waals surface area contributed by atoms with Crippen molar-refractivity contribution in [2.75, 3.05) is 5.32 Å². The van der Waals surface area contributed by atoms with E-state index in [0.717, 1.165) is 11.1 Å². The van der Waals surface area contributed by atoms with E-state index in [2.05, 4.69) is 19.8 Å². The summed E-state index contributed by atoms with van der Waals surface area (Å²) in [5.74, 6) is -1.13. The van der Waals surface area contributed by atoms with E-state index in [4.69, 9.17) is 0 Å². The molecule has 1 aliphatic heterocycles. The lowest BCUT2D eigenvalue weighted by Gasteiger charge is -2.17. The monoisotopic (exact) mass is 466 g/mol. The van der Waals surface area contributed by atoms with Crippen LogP contribution < -0.4 is 14.8 Å². The number of aromatic carboxylic acids is 1. The van der Waals surface area contributed by atoms with Crippen LogP contribution in [0, 0.1) is 13.8 Å². The third-order valence-corrected chi connectivity index (χ3v) is 6.21. The number of aryl methyl sites for hydroxylation is 2. The summed E-state index contributed by atoms with van der Waals surface area (Å²) in [7, 11) is 0. The van der Waals surface area contributed by atoms with E-state index in [1.165, 1.54) is 18.2 Å². The molecule has 0 atom stereocenters. The Bertz CT molecular complexity index is 1350. The zero-order chi connectivity index (χ0) is 24.3. The second-order valence-electron chi connectivity index (χ2n) is 8.56. The minimum atomic E-state index is -3.72. The number of carbonyl (C=O) groups is 2. The molecule has 1 aliphatic carbocycles.